The molecule has 0 amide bonds. The van der Waals surface area contributed by atoms with E-state index in [9.17, 15) is 14.5 Å². The second kappa shape index (κ2) is 6.91. The third kappa shape index (κ3) is 3.47. The predicted octanol–water partition coefficient (Wildman–Crippen LogP) is 4.19. The van der Waals surface area contributed by atoms with Gasteiger partial charge in [-0.05, 0) is 30.4 Å². The molecule has 3 aromatic rings. The molecule has 0 bridgehead atoms. The number of rotatable bonds is 4. The zero-order valence-electron chi connectivity index (χ0n) is 12.4. The summed E-state index contributed by atoms with van der Waals surface area (Å²) < 4.78 is 15.4. The normalized spacial score (nSPS) is 11.1. The highest BCUT2D eigenvalue weighted by Crippen LogP contribution is 2.25. The molecule has 0 aliphatic heterocycles. The fraction of sp³-hybridized carbons (Fsp3) is 0. The zero-order valence-corrected chi connectivity index (χ0v) is 14.0. The molecule has 0 aliphatic carbocycles. The minimum atomic E-state index is -0.589. The first kappa shape index (κ1) is 16.9. The average Bonchev–Trinajstić information content (AvgIpc) is 2.95. The lowest BCUT2D eigenvalue weighted by molar-refractivity contribution is -0.384. The van der Waals surface area contributed by atoms with E-state index in [1.54, 1.807) is 24.3 Å². The van der Waals surface area contributed by atoms with Crippen molar-refractivity contribution in [2.75, 3.05) is 0 Å². The van der Waals surface area contributed by atoms with Crippen LogP contribution in [0.4, 0.5) is 10.1 Å². The van der Waals surface area contributed by atoms with Crippen LogP contribution in [-0.2, 0) is 0 Å². The van der Waals surface area contributed by atoms with Gasteiger partial charge in [0.05, 0.1) is 16.7 Å². The number of H-pyrrole nitrogens is 1. The zero-order chi connectivity index (χ0) is 18.0. The van der Waals surface area contributed by atoms with Crippen LogP contribution in [0.15, 0.2) is 47.6 Å². The Bertz CT molecular complexity index is 1050. The number of benzene rings is 2. The highest BCUT2D eigenvalue weighted by molar-refractivity contribution is 7.71. The first-order chi connectivity index (χ1) is 12.0. The van der Waals surface area contributed by atoms with E-state index in [1.807, 2.05) is 0 Å². The Morgan fingerprint density at radius 2 is 2.12 bits per heavy atom. The van der Waals surface area contributed by atoms with Gasteiger partial charge < -0.3 is 0 Å². The van der Waals surface area contributed by atoms with Crippen LogP contribution in [0, 0.1) is 20.7 Å². The van der Waals surface area contributed by atoms with Crippen molar-refractivity contribution in [2.24, 2.45) is 5.10 Å². The summed E-state index contributed by atoms with van der Waals surface area (Å²) in [5, 5.41) is 21.6. The van der Waals surface area contributed by atoms with Crippen molar-refractivity contribution in [3.8, 4) is 11.4 Å². The van der Waals surface area contributed by atoms with Crippen LogP contribution in [0.25, 0.3) is 11.4 Å². The molecule has 126 valence electrons. The second-order valence-electron chi connectivity index (χ2n) is 4.86. The third-order valence-electron chi connectivity index (χ3n) is 3.25. The highest BCUT2D eigenvalue weighted by Gasteiger charge is 2.14. The van der Waals surface area contributed by atoms with Crippen LogP contribution in [-0.4, -0.2) is 26.0 Å². The number of aromatic nitrogens is 3. The van der Waals surface area contributed by atoms with Crippen molar-refractivity contribution in [2.45, 2.75) is 0 Å². The number of hydrogen-bond donors (Lipinski definition) is 1. The maximum Gasteiger partial charge on any atom is 0.288 e. The maximum atomic E-state index is 14.0. The Morgan fingerprint density at radius 3 is 2.84 bits per heavy atom. The lowest BCUT2D eigenvalue weighted by Crippen LogP contribution is -1.97. The highest BCUT2D eigenvalue weighted by atomic mass is 35.5. The standard InChI is InChI=1S/C15H9ClFN5O2S/c16-11-6-5-9(7-13(11)22(23)24)8-18-21-14(19-20-15(21)25)10-3-1-2-4-12(10)17/h1-8H,(H,20,25)/b18-8-. The molecule has 1 N–H and O–H groups in total. The number of halogens is 2. The van der Waals surface area contributed by atoms with Gasteiger partial charge in [-0.1, -0.05) is 29.8 Å². The Balaban J connectivity index is 2.02. The van der Waals surface area contributed by atoms with Crippen LogP contribution in [0.3, 0.4) is 0 Å². The van der Waals surface area contributed by atoms with E-state index in [-0.39, 0.29) is 26.9 Å². The van der Waals surface area contributed by atoms with E-state index in [1.165, 1.54) is 29.1 Å². The van der Waals surface area contributed by atoms with Crippen LogP contribution in [0.5, 0.6) is 0 Å². The quantitative estimate of drug-likeness (QED) is 0.319. The third-order valence-corrected chi connectivity index (χ3v) is 3.84. The molecule has 0 saturated heterocycles. The fourth-order valence-corrected chi connectivity index (χ4v) is 2.46. The van der Waals surface area contributed by atoms with Gasteiger partial charge in [-0.25, -0.2) is 9.49 Å². The van der Waals surface area contributed by atoms with Crippen molar-refractivity contribution in [1.29, 1.82) is 0 Å². The molecule has 1 aromatic heterocycles. The summed E-state index contributed by atoms with van der Waals surface area (Å²) in [6, 6.07) is 10.3. The van der Waals surface area contributed by atoms with Gasteiger partial charge in [0.2, 0.25) is 4.77 Å². The smallest absolute Gasteiger partial charge is 0.258 e. The predicted molar refractivity (Wildman–Crippen MR) is 93.9 cm³/mol. The largest absolute Gasteiger partial charge is 0.288 e. The van der Waals surface area contributed by atoms with E-state index in [0.29, 0.717) is 5.56 Å². The summed E-state index contributed by atoms with van der Waals surface area (Å²) in [6.07, 6.45) is 1.35. The molecule has 0 aliphatic rings. The molecule has 25 heavy (non-hydrogen) atoms. The van der Waals surface area contributed by atoms with E-state index in [2.05, 4.69) is 15.3 Å². The molecule has 7 nitrogen and oxygen atoms in total. The van der Waals surface area contributed by atoms with Gasteiger partial charge in [0, 0.05) is 11.6 Å². The first-order valence-electron chi connectivity index (χ1n) is 6.88. The van der Waals surface area contributed by atoms with Crippen molar-refractivity contribution < 1.29 is 9.31 Å². The topological polar surface area (TPSA) is 89.1 Å². The lowest BCUT2D eigenvalue weighted by atomic mass is 10.2. The Kier molecular flexibility index (Phi) is 4.68. The van der Waals surface area contributed by atoms with Crippen molar-refractivity contribution in [3.05, 3.63) is 73.8 Å². The van der Waals surface area contributed by atoms with E-state index >= 15 is 0 Å². The monoisotopic (exact) mass is 377 g/mol. The molecular formula is C15H9ClFN5O2S. The minimum Gasteiger partial charge on any atom is -0.258 e. The molecule has 10 heteroatoms. The van der Waals surface area contributed by atoms with Crippen molar-refractivity contribution in [3.63, 3.8) is 0 Å². The molecule has 0 unspecified atom stereocenters. The summed E-state index contributed by atoms with van der Waals surface area (Å²) in [5.74, 6) is -0.294. The molecule has 3 rings (SSSR count). The van der Waals surface area contributed by atoms with Gasteiger partial charge >= 0.3 is 0 Å². The minimum absolute atomic E-state index is 0.0223. The van der Waals surface area contributed by atoms with Gasteiger partial charge in [0.15, 0.2) is 5.82 Å². The molecule has 0 spiro atoms. The molecule has 2 aromatic carbocycles. The molecule has 0 fully saturated rings. The van der Waals surface area contributed by atoms with Crippen LogP contribution in [0.2, 0.25) is 5.02 Å². The Morgan fingerprint density at radius 1 is 1.36 bits per heavy atom. The van der Waals surface area contributed by atoms with Gasteiger partial charge in [-0.15, -0.1) is 0 Å². The molecule has 0 saturated carbocycles. The van der Waals surface area contributed by atoms with Gasteiger partial charge in [0.25, 0.3) is 5.69 Å². The summed E-state index contributed by atoms with van der Waals surface area (Å²) >= 11 is 10.9. The summed E-state index contributed by atoms with van der Waals surface area (Å²) in [6.45, 7) is 0. The average molecular weight is 378 g/mol. The number of nitrogens with one attached hydrogen (secondary N) is 1. The summed E-state index contributed by atoms with van der Waals surface area (Å²) in [7, 11) is 0. The number of nitrogens with zero attached hydrogens (tertiary/aromatic N) is 4. The summed E-state index contributed by atoms with van der Waals surface area (Å²) in [4.78, 5) is 10.3. The second-order valence-corrected chi connectivity index (χ2v) is 5.65. The van der Waals surface area contributed by atoms with E-state index in [0.717, 1.165) is 0 Å². The van der Waals surface area contributed by atoms with Gasteiger partial charge in [0.1, 0.15) is 10.8 Å². The van der Waals surface area contributed by atoms with E-state index < -0.39 is 10.7 Å². The van der Waals surface area contributed by atoms with Crippen LogP contribution in [0.1, 0.15) is 5.56 Å². The molecular weight excluding hydrogens is 369 g/mol. The fourth-order valence-electron chi connectivity index (χ4n) is 2.09. The molecule has 0 radical (unpaired) electrons. The SMILES string of the molecule is O=[N+]([O-])c1cc(/C=N\n2c(-c3ccccc3F)n[nH]c2=S)ccc1Cl. The van der Waals surface area contributed by atoms with Crippen molar-refractivity contribution >= 4 is 35.7 Å². The van der Waals surface area contributed by atoms with Gasteiger partial charge in [-0.3, -0.25) is 10.1 Å². The lowest BCUT2D eigenvalue weighted by Gasteiger charge is -2.02. The van der Waals surface area contributed by atoms with Crippen LogP contribution < -0.4 is 0 Å². The molecule has 1 heterocycles. The molecule has 0 atom stereocenters. The van der Waals surface area contributed by atoms with Gasteiger partial charge in [-0.2, -0.15) is 14.9 Å². The van der Waals surface area contributed by atoms with E-state index in [4.69, 9.17) is 23.8 Å². The number of nitro benzene ring substituents is 1. The first-order valence-corrected chi connectivity index (χ1v) is 7.66. The number of aromatic amines is 1. The maximum absolute atomic E-state index is 14.0. The summed E-state index contributed by atoms with van der Waals surface area (Å²) in [5.41, 5.74) is 0.406. The van der Waals surface area contributed by atoms with Crippen molar-refractivity contribution in [1.82, 2.24) is 14.9 Å². The number of nitro groups is 1. The Hall–Kier alpha value is -2.91. The Labute approximate surface area is 150 Å². The van der Waals surface area contributed by atoms with Crippen LogP contribution >= 0.6 is 23.8 Å². The number of hydrogen-bond acceptors (Lipinski definition) is 5.